The third-order valence-corrected chi connectivity index (χ3v) is 2.95. The number of aromatic nitrogens is 2. The largest absolute Gasteiger partial charge is 0.477 e. The Labute approximate surface area is 117 Å². The summed E-state index contributed by atoms with van der Waals surface area (Å²) in [5, 5.41) is 12.2. The summed E-state index contributed by atoms with van der Waals surface area (Å²) < 4.78 is 0. The normalized spacial score (nSPS) is 10.3. The van der Waals surface area contributed by atoms with E-state index in [1.807, 2.05) is 32.9 Å². The van der Waals surface area contributed by atoms with Crippen molar-refractivity contribution in [3.05, 3.63) is 46.9 Å². The van der Waals surface area contributed by atoms with E-state index < -0.39 is 5.97 Å². The number of nitrogens with zero attached hydrogens (tertiary/aromatic N) is 2. The van der Waals surface area contributed by atoms with Gasteiger partial charge < -0.3 is 10.4 Å². The quantitative estimate of drug-likeness (QED) is 0.893. The van der Waals surface area contributed by atoms with Crippen LogP contribution in [-0.4, -0.2) is 21.0 Å². The van der Waals surface area contributed by atoms with Crippen LogP contribution in [0.2, 0.25) is 0 Å². The van der Waals surface area contributed by atoms with Crippen LogP contribution in [0.4, 0.5) is 11.5 Å². The van der Waals surface area contributed by atoms with E-state index in [1.165, 1.54) is 11.6 Å². The molecule has 1 aromatic heterocycles. The minimum Gasteiger partial charge on any atom is -0.477 e. The van der Waals surface area contributed by atoms with Gasteiger partial charge in [-0.15, -0.1) is 0 Å². The van der Waals surface area contributed by atoms with Gasteiger partial charge in [0, 0.05) is 18.2 Å². The number of carboxylic acids is 1. The maximum absolute atomic E-state index is 11.1. The van der Waals surface area contributed by atoms with Crippen molar-refractivity contribution >= 4 is 17.5 Å². The molecule has 104 valence electrons. The molecule has 0 radical (unpaired) electrons. The second kappa shape index (κ2) is 5.69. The van der Waals surface area contributed by atoms with Crippen LogP contribution in [0.25, 0.3) is 0 Å². The molecular weight excluding hydrogens is 254 g/mol. The molecule has 0 unspecified atom stereocenters. The van der Waals surface area contributed by atoms with Gasteiger partial charge in [0.2, 0.25) is 0 Å². The Morgan fingerprint density at radius 3 is 2.60 bits per heavy atom. The number of nitrogens with one attached hydrogen (secondary N) is 1. The van der Waals surface area contributed by atoms with Gasteiger partial charge in [-0.25, -0.2) is 14.8 Å². The fraction of sp³-hybridized carbons (Fsp3) is 0.267. The molecule has 5 nitrogen and oxygen atoms in total. The number of rotatable bonds is 4. The molecule has 2 aromatic rings. The Kier molecular flexibility index (Phi) is 3.98. The van der Waals surface area contributed by atoms with Gasteiger partial charge in [0.25, 0.3) is 0 Å². The van der Waals surface area contributed by atoms with E-state index in [0.29, 0.717) is 18.1 Å². The van der Waals surface area contributed by atoms with Gasteiger partial charge in [-0.2, -0.15) is 0 Å². The molecule has 0 aliphatic rings. The van der Waals surface area contributed by atoms with Gasteiger partial charge in [0.05, 0.1) is 0 Å². The van der Waals surface area contributed by atoms with Crippen LogP contribution < -0.4 is 5.32 Å². The maximum Gasteiger partial charge on any atom is 0.354 e. The van der Waals surface area contributed by atoms with E-state index >= 15 is 0 Å². The third kappa shape index (κ3) is 3.12. The van der Waals surface area contributed by atoms with Crippen LogP contribution in [0.5, 0.6) is 0 Å². The molecule has 0 spiro atoms. The first-order valence-electron chi connectivity index (χ1n) is 6.45. The number of hydrogen-bond acceptors (Lipinski definition) is 4. The molecule has 2 N–H and O–H groups in total. The van der Waals surface area contributed by atoms with Crippen molar-refractivity contribution < 1.29 is 9.90 Å². The molecule has 0 aliphatic carbocycles. The molecule has 0 bridgehead atoms. The van der Waals surface area contributed by atoms with Crippen molar-refractivity contribution in [2.24, 2.45) is 0 Å². The first kappa shape index (κ1) is 14.0. The van der Waals surface area contributed by atoms with Crippen LogP contribution >= 0.6 is 0 Å². The van der Waals surface area contributed by atoms with Crippen molar-refractivity contribution in [3.8, 4) is 0 Å². The fourth-order valence-electron chi connectivity index (χ4n) is 1.92. The van der Waals surface area contributed by atoms with Gasteiger partial charge in [0.15, 0.2) is 5.69 Å². The topological polar surface area (TPSA) is 75.1 Å². The number of aryl methyl sites for hydroxylation is 3. The van der Waals surface area contributed by atoms with Gasteiger partial charge in [-0.3, -0.25) is 0 Å². The van der Waals surface area contributed by atoms with E-state index in [2.05, 4.69) is 21.4 Å². The summed E-state index contributed by atoms with van der Waals surface area (Å²) in [6, 6.07) is 7.46. The van der Waals surface area contributed by atoms with E-state index in [4.69, 9.17) is 5.11 Å². The minimum atomic E-state index is -1.05. The first-order chi connectivity index (χ1) is 9.49. The highest BCUT2D eigenvalue weighted by atomic mass is 16.4. The molecule has 0 aliphatic heterocycles. The smallest absolute Gasteiger partial charge is 0.354 e. The summed E-state index contributed by atoms with van der Waals surface area (Å²) in [5.41, 5.74) is 3.17. The van der Waals surface area contributed by atoms with Crippen molar-refractivity contribution in [2.45, 2.75) is 27.2 Å². The Morgan fingerprint density at radius 1 is 1.25 bits per heavy atom. The average molecular weight is 271 g/mol. The standard InChI is InChI=1S/C15H17N3O2/c1-4-13-17-12(15(19)20)8-14(18-13)16-11-6-5-9(2)7-10(11)3/h5-8H,4H2,1-3H3,(H,19,20)(H,16,17,18). The Bertz CT molecular complexity index is 654. The Morgan fingerprint density at radius 2 is 2.00 bits per heavy atom. The van der Waals surface area contributed by atoms with Crippen molar-refractivity contribution in [3.63, 3.8) is 0 Å². The predicted octanol–water partition coefficient (Wildman–Crippen LogP) is 3.10. The third-order valence-electron chi connectivity index (χ3n) is 2.95. The average Bonchev–Trinajstić information content (AvgIpc) is 2.41. The van der Waals surface area contributed by atoms with Crippen LogP contribution in [0.1, 0.15) is 34.4 Å². The highest BCUT2D eigenvalue weighted by Gasteiger charge is 2.10. The molecule has 2 rings (SSSR count). The monoisotopic (exact) mass is 271 g/mol. The van der Waals surface area contributed by atoms with E-state index in [-0.39, 0.29) is 5.69 Å². The number of hydrogen-bond donors (Lipinski definition) is 2. The van der Waals surface area contributed by atoms with Crippen LogP contribution in [0, 0.1) is 13.8 Å². The van der Waals surface area contributed by atoms with Gasteiger partial charge in [0.1, 0.15) is 11.6 Å². The van der Waals surface area contributed by atoms with Gasteiger partial charge >= 0.3 is 5.97 Å². The fourth-order valence-corrected chi connectivity index (χ4v) is 1.92. The van der Waals surface area contributed by atoms with Crippen molar-refractivity contribution in [2.75, 3.05) is 5.32 Å². The minimum absolute atomic E-state index is 0.00381. The molecule has 0 saturated carbocycles. The highest BCUT2D eigenvalue weighted by Crippen LogP contribution is 2.21. The summed E-state index contributed by atoms with van der Waals surface area (Å²) >= 11 is 0. The van der Waals surface area contributed by atoms with Crippen molar-refractivity contribution in [1.29, 1.82) is 0 Å². The van der Waals surface area contributed by atoms with Crippen LogP contribution in [-0.2, 0) is 6.42 Å². The number of anilines is 2. The molecule has 0 fully saturated rings. The highest BCUT2D eigenvalue weighted by molar-refractivity contribution is 5.86. The predicted molar refractivity (Wildman–Crippen MR) is 77.6 cm³/mol. The summed E-state index contributed by atoms with van der Waals surface area (Å²) in [5.74, 6) is -0.0378. The molecule has 0 saturated heterocycles. The second-order valence-electron chi connectivity index (χ2n) is 4.66. The zero-order chi connectivity index (χ0) is 14.7. The first-order valence-corrected chi connectivity index (χ1v) is 6.45. The number of benzene rings is 1. The summed E-state index contributed by atoms with van der Waals surface area (Å²) in [7, 11) is 0. The maximum atomic E-state index is 11.1. The zero-order valence-electron chi connectivity index (χ0n) is 11.8. The van der Waals surface area contributed by atoms with E-state index in [0.717, 1.165) is 11.3 Å². The van der Waals surface area contributed by atoms with Gasteiger partial charge in [-0.05, 0) is 25.5 Å². The lowest BCUT2D eigenvalue weighted by atomic mass is 10.1. The van der Waals surface area contributed by atoms with Crippen LogP contribution in [0.3, 0.4) is 0 Å². The Balaban J connectivity index is 2.37. The summed E-state index contributed by atoms with van der Waals surface area (Å²) in [6.07, 6.45) is 0.586. The number of aromatic carboxylic acids is 1. The molecule has 20 heavy (non-hydrogen) atoms. The van der Waals surface area contributed by atoms with Crippen LogP contribution in [0.15, 0.2) is 24.3 Å². The zero-order valence-corrected chi connectivity index (χ0v) is 11.8. The molecule has 1 heterocycles. The molecule has 1 aromatic carbocycles. The molecule has 0 amide bonds. The van der Waals surface area contributed by atoms with Gasteiger partial charge in [-0.1, -0.05) is 24.6 Å². The Hall–Kier alpha value is -2.43. The van der Waals surface area contributed by atoms with Crippen molar-refractivity contribution in [1.82, 2.24) is 9.97 Å². The molecule has 5 heteroatoms. The number of carbonyl (C=O) groups is 1. The SMILES string of the molecule is CCc1nc(Nc2ccc(C)cc2C)cc(C(=O)O)n1. The van der Waals surface area contributed by atoms with E-state index in [1.54, 1.807) is 0 Å². The second-order valence-corrected chi connectivity index (χ2v) is 4.66. The lowest BCUT2D eigenvalue weighted by molar-refractivity contribution is 0.0690. The summed E-state index contributed by atoms with van der Waals surface area (Å²) in [6.45, 7) is 5.91. The molecule has 0 atom stereocenters. The summed E-state index contributed by atoms with van der Waals surface area (Å²) in [4.78, 5) is 19.4. The van der Waals surface area contributed by atoms with E-state index in [9.17, 15) is 4.79 Å². The molecular formula is C15H17N3O2. The lowest BCUT2D eigenvalue weighted by Crippen LogP contribution is -2.07. The lowest BCUT2D eigenvalue weighted by Gasteiger charge is -2.11. The number of carboxylic acid groups (broad SMARTS) is 1.